The van der Waals surface area contributed by atoms with Gasteiger partial charge < -0.3 is 9.84 Å². The van der Waals surface area contributed by atoms with Crippen LogP contribution in [0, 0.1) is 6.92 Å². The van der Waals surface area contributed by atoms with E-state index in [1.54, 1.807) is 23.2 Å². The van der Waals surface area contributed by atoms with Gasteiger partial charge >= 0.3 is 0 Å². The van der Waals surface area contributed by atoms with E-state index >= 15 is 0 Å². The van der Waals surface area contributed by atoms with Gasteiger partial charge in [-0.05, 0) is 36.8 Å². The van der Waals surface area contributed by atoms with E-state index < -0.39 is 0 Å². The Labute approximate surface area is 160 Å². The van der Waals surface area contributed by atoms with Crippen molar-refractivity contribution in [2.45, 2.75) is 12.3 Å². The molecule has 0 spiro atoms. The molecule has 1 unspecified atom stereocenters. The number of nitrogens with one attached hydrogen (secondary N) is 1. The number of thioether (sulfide) groups is 1. The van der Waals surface area contributed by atoms with Crippen molar-refractivity contribution < 1.29 is 14.6 Å². The van der Waals surface area contributed by atoms with Crippen LogP contribution in [0.15, 0.2) is 42.5 Å². The summed E-state index contributed by atoms with van der Waals surface area (Å²) in [5.74, 6) is 1.27. The van der Waals surface area contributed by atoms with Crippen LogP contribution in [0.3, 0.4) is 0 Å². The number of amides is 1. The molecule has 3 aromatic rings. The number of hydrogen-bond donors (Lipinski definition) is 2. The van der Waals surface area contributed by atoms with Crippen LogP contribution in [0.2, 0.25) is 0 Å². The molecular formula is C19H18N4O3S. The Hall–Kier alpha value is -3.00. The number of nitrogens with zero attached hydrogens (tertiary/aromatic N) is 3. The van der Waals surface area contributed by atoms with Crippen LogP contribution in [0.4, 0.5) is 5.82 Å². The van der Waals surface area contributed by atoms with E-state index in [4.69, 9.17) is 4.74 Å². The first-order chi connectivity index (χ1) is 13.1. The molecule has 0 bridgehead atoms. The minimum absolute atomic E-state index is 0.0496. The number of aromatic nitrogens is 2. The third-order valence-corrected chi connectivity index (χ3v) is 5.54. The van der Waals surface area contributed by atoms with Crippen molar-refractivity contribution in [3.63, 3.8) is 0 Å². The lowest BCUT2D eigenvalue weighted by Crippen LogP contribution is -2.34. The maximum Gasteiger partial charge on any atom is 0.252 e. The van der Waals surface area contributed by atoms with Crippen molar-refractivity contribution in [3.05, 3.63) is 53.7 Å². The number of hydrazine groups is 1. The molecule has 1 atom stereocenters. The molecule has 0 saturated carbocycles. The van der Waals surface area contributed by atoms with Crippen LogP contribution in [-0.4, -0.2) is 38.9 Å². The number of carbonyl (C=O) groups is 1. The topological polar surface area (TPSA) is 87.6 Å². The Morgan fingerprint density at radius 2 is 1.96 bits per heavy atom. The Morgan fingerprint density at radius 1 is 1.22 bits per heavy atom. The predicted octanol–water partition coefficient (Wildman–Crippen LogP) is 3.25. The van der Waals surface area contributed by atoms with Gasteiger partial charge in [0.2, 0.25) is 0 Å². The molecule has 1 aliphatic rings. The number of benzene rings is 2. The Kier molecular flexibility index (Phi) is 4.49. The SMILES string of the molecule is COc1cc(C2SCC(=O)N2Nc2nc3ccccc3nc2C)ccc1O. The monoisotopic (exact) mass is 382 g/mol. The molecule has 1 saturated heterocycles. The highest BCUT2D eigenvalue weighted by atomic mass is 32.2. The van der Waals surface area contributed by atoms with Crippen LogP contribution >= 0.6 is 11.8 Å². The van der Waals surface area contributed by atoms with E-state index in [2.05, 4.69) is 15.4 Å². The average Bonchev–Trinajstić information content (AvgIpc) is 3.03. The second-order valence-electron chi connectivity index (χ2n) is 6.12. The van der Waals surface area contributed by atoms with Crippen LogP contribution in [-0.2, 0) is 4.79 Å². The number of aryl methyl sites for hydroxylation is 1. The standard InChI is InChI=1S/C19H18N4O3S/c1-11-18(21-14-6-4-3-5-13(14)20-11)22-23-17(25)10-27-19(23)12-7-8-15(24)16(9-12)26-2/h3-9,19,24H,10H2,1-2H3,(H,21,22). The largest absolute Gasteiger partial charge is 0.504 e. The summed E-state index contributed by atoms with van der Waals surface area (Å²) >= 11 is 1.49. The van der Waals surface area contributed by atoms with Crippen molar-refractivity contribution in [2.75, 3.05) is 18.3 Å². The summed E-state index contributed by atoms with van der Waals surface area (Å²) < 4.78 is 5.19. The lowest BCUT2D eigenvalue weighted by Gasteiger charge is -2.26. The first kappa shape index (κ1) is 17.4. The van der Waals surface area contributed by atoms with Crippen molar-refractivity contribution >= 4 is 34.5 Å². The number of hydrogen-bond acceptors (Lipinski definition) is 7. The summed E-state index contributed by atoms with van der Waals surface area (Å²) in [6.07, 6.45) is 0. The van der Waals surface area contributed by atoms with E-state index in [0.29, 0.717) is 23.0 Å². The van der Waals surface area contributed by atoms with E-state index in [-0.39, 0.29) is 17.0 Å². The quantitative estimate of drug-likeness (QED) is 0.716. The number of rotatable bonds is 4. The first-order valence-corrected chi connectivity index (χ1v) is 9.42. The summed E-state index contributed by atoms with van der Waals surface area (Å²) in [6.45, 7) is 1.86. The minimum atomic E-state index is -0.264. The molecule has 27 heavy (non-hydrogen) atoms. The molecule has 2 heterocycles. The number of carbonyl (C=O) groups excluding carboxylic acids is 1. The minimum Gasteiger partial charge on any atom is -0.504 e. The highest BCUT2D eigenvalue weighted by molar-refractivity contribution is 8.00. The van der Waals surface area contributed by atoms with Crippen molar-refractivity contribution in [1.82, 2.24) is 15.0 Å². The number of phenolic OH excluding ortho intramolecular Hbond substituents is 1. The van der Waals surface area contributed by atoms with Crippen molar-refractivity contribution in [3.8, 4) is 11.5 Å². The van der Waals surface area contributed by atoms with Gasteiger partial charge in [0.15, 0.2) is 17.3 Å². The highest BCUT2D eigenvalue weighted by Crippen LogP contribution is 2.41. The maximum absolute atomic E-state index is 12.5. The fourth-order valence-corrected chi connectivity index (χ4v) is 4.05. The van der Waals surface area contributed by atoms with Gasteiger partial charge in [0.1, 0.15) is 5.37 Å². The number of phenols is 1. The molecule has 138 valence electrons. The summed E-state index contributed by atoms with van der Waals surface area (Å²) in [7, 11) is 1.50. The number of anilines is 1. The molecule has 1 aliphatic heterocycles. The van der Waals surface area contributed by atoms with Crippen LogP contribution in [0.5, 0.6) is 11.5 Å². The molecule has 7 nitrogen and oxygen atoms in total. The molecule has 1 amide bonds. The van der Waals surface area contributed by atoms with Crippen LogP contribution < -0.4 is 10.2 Å². The van der Waals surface area contributed by atoms with Gasteiger partial charge in [0.25, 0.3) is 5.91 Å². The van der Waals surface area contributed by atoms with Crippen LogP contribution in [0.1, 0.15) is 16.6 Å². The summed E-state index contributed by atoms with van der Waals surface area (Å²) in [4.78, 5) is 21.6. The van der Waals surface area contributed by atoms with E-state index in [1.807, 2.05) is 31.2 Å². The van der Waals surface area contributed by atoms with Gasteiger partial charge in [-0.3, -0.25) is 10.2 Å². The van der Waals surface area contributed by atoms with E-state index in [1.165, 1.54) is 18.9 Å². The third-order valence-electron chi connectivity index (χ3n) is 4.33. The van der Waals surface area contributed by atoms with E-state index in [9.17, 15) is 9.90 Å². The molecule has 1 aromatic heterocycles. The van der Waals surface area contributed by atoms with E-state index in [0.717, 1.165) is 16.6 Å². The zero-order chi connectivity index (χ0) is 19.0. The summed E-state index contributed by atoms with van der Waals surface area (Å²) in [5, 5.41) is 11.1. The van der Waals surface area contributed by atoms with Gasteiger partial charge in [-0.25, -0.2) is 15.0 Å². The van der Waals surface area contributed by atoms with Crippen LogP contribution in [0.25, 0.3) is 11.0 Å². The Balaban J connectivity index is 1.67. The number of para-hydroxylation sites is 2. The average molecular weight is 382 g/mol. The molecule has 8 heteroatoms. The lowest BCUT2D eigenvalue weighted by atomic mass is 10.2. The Bertz CT molecular complexity index is 1030. The zero-order valence-corrected chi connectivity index (χ0v) is 15.7. The molecule has 0 radical (unpaired) electrons. The van der Waals surface area contributed by atoms with Gasteiger partial charge in [-0.2, -0.15) is 0 Å². The number of fused-ring (bicyclic) bond motifs is 1. The van der Waals surface area contributed by atoms with Crippen molar-refractivity contribution in [2.24, 2.45) is 0 Å². The molecule has 1 fully saturated rings. The van der Waals surface area contributed by atoms with Gasteiger partial charge in [0, 0.05) is 0 Å². The highest BCUT2D eigenvalue weighted by Gasteiger charge is 2.34. The maximum atomic E-state index is 12.5. The second kappa shape index (κ2) is 6.96. The third kappa shape index (κ3) is 3.23. The Morgan fingerprint density at radius 3 is 2.70 bits per heavy atom. The number of ether oxygens (including phenoxy) is 1. The fraction of sp³-hybridized carbons (Fsp3) is 0.211. The fourth-order valence-electron chi connectivity index (χ4n) is 2.95. The molecule has 2 aromatic carbocycles. The lowest BCUT2D eigenvalue weighted by molar-refractivity contribution is -0.126. The predicted molar refractivity (Wildman–Crippen MR) is 105 cm³/mol. The van der Waals surface area contributed by atoms with Gasteiger partial charge in [-0.1, -0.05) is 18.2 Å². The number of methoxy groups -OCH3 is 1. The molecular weight excluding hydrogens is 364 g/mol. The normalized spacial score (nSPS) is 16.7. The smallest absolute Gasteiger partial charge is 0.252 e. The number of aromatic hydroxyl groups is 1. The first-order valence-electron chi connectivity index (χ1n) is 8.37. The van der Waals surface area contributed by atoms with Crippen molar-refractivity contribution in [1.29, 1.82) is 0 Å². The van der Waals surface area contributed by atoms with Gasteiger partial charge in [0.05, 0.1) is 29.6 Å². The molecule has 2 N–H and O–H groups in total. The molecule has 0 aliphatic carbocycles. The summed E-state index contributed by atoms with van der Waals surface area (Å²) in [5.41, 5.74) is 6.26. The van der Waals surface area contributed by atoms with Gasteiger partial charge in [-0.15, -0.1) is 11.8 Å². The zero-order valence-electron chi connectivity index (χ0n) is 14.8. The summed E-state index contributed by atoms with van der Waals surface area (Å²) in [6, 6.07) is 12.7. The molecule has 4 rings (SSSR count). The second-order valence-corrected chi connectivity index (χ2v) is 7.19.